The predicted molar refractivity (Wildman–Crippen MR) is 123 cm³/mol. The highest BCUT2D eigenvalue weighted by atomic mass is 35.5. The van der Waals surface area contributed by atoms with E-state index in [4.69, 9.17) is 16.3 Å². The van der Waals surface area contributed by atoms with Crippen LogP contribution in [0.2, 0.25) is 5.02 Å². The Balaban J connectivity index is 1.66. The van der Waals surface area contributed by atoms with Gasteiger partial charge in [0.05, 0.1) is 6.54 Å². The number of nitrogens with one attached hydrogen (secondary N) is 3. The second-order valence-corrected chi connectivity index (χ2v) is 7.52. The molecule has 0 fully saturated rings. The molecule has 0 aromatic heterocycles. The molecule has 8 heteroatoms. The number of likely N-dealkylation sites (N-methyl/N-ethyl adjacent to an activating group) is 2. The Hall–Kier alpha value is -2.61. The van der Waals surface area contributed by atoms with Gasteiger partial charge in [0, 0.05) is 31.2 Å². The van der Waals surface area contributed by atoms with Gasteiger partial charge in [-0.05, 0) is 49.0 Å². The number of benzene rings is 2. The van der Waals surface area contributed by atoms with Crippen LogP contribution in [-0.2, 0) is 22.7 Å². The molecule has 2 aromatic carbocycles. The molecule has 0 aliphatic carbocycles. The molecular formula is C23H31ClN4O3. The van der Waals surface area contributed by atoms with Crippen LogP contribution in [0.15, 0.2) is 48.5 Å². The van der Waals surface area contributed by atoms with Crippen molar-refractivity contribution in [3.05, 3.63) is 64.7 Å². The molecule has 0 bridgehead atoms. The Morgan fingerprint density at radius 3 is 2.29 bits per heavy atom. The van der Waals surface area contributed by atoms with Crippen LogP contribution in [0.5, 0.6) is 5.75 Å². The van der Waals surface area contributed by atoms with E-state index in [0.717, 1.165) is 31.7 Å². The van der Waals surface area contributed by atoms with E-state index in [9.17, 15) is 9.59 Å². The van der Waals surface area contributed by atoms with Crippen LogP contribution >= 0.6 is 11.6 Å². The highest BCUT2D eigenvalue weighted by Gasteiger charge is 2.07. The third-order valence-corrected chi connectivity index (χ3v) is 4.93. The van der Waals surface area contributed by atoms with Crippen molar-refractivity contribution in [2.24, 2.45) is 0 Å². The topological polar surface area (TPSA) is 82.7 Å². The first-order valence-electron chi connectivity index (χ1n) is 10.4. The van der Waals surface area contributed by atoms with E-state index in [1.165, 1.54) is 5.56 Å². The summed E-state index contributed by atoms with van der Waals surface area (Å²) in [5.41, 5.74) is 2.24. The minimum absolute atomic E-state index is 0.0994. The van der Waals surface area contributed by atoms with Crippen molar-refractivity contribution in [2.75, 3.05) is 39.8 Å². The fourth-order valence-electron chi connectivity index (χ4n) is 2.81. The van der Waals surface area contributed by atoms with Crippen LogP contribution in [0, 0.1) is 0 Å². The Labute approximate surface area is 189 Å². The van der Waals surface area contributed by atoms with Gasteiger partial charge < -0.3 is 20.7 Å². The van der Waals surface area contributed by atoms with E-state index < -0.39 is 0 Å². The Kier molecular flexibility index (Phi) is 10.9. The number of halogens is 1. The van der Waals surface area contributed by atoms with Crippen molar-refractivity contribution in [1.82, 2.24) is 20.9 Å². The lowest BCUT2D eigenvalue weighted by molar-refractivity contribution is -0.127. The molecular weight excluding hydrogens is 416 g/mol. The fourth-order valence-corrected chi connectivity index (χ4v) is 2.94. The quantitative estimate of drug-likeness (QED) is 0.439. The summed E-state index contributed by atoms with van der Waals surface area (Å²) >= 11 is 5.80. The number of carbonyl (C=O) groups is 2. The largest absolute Gasteiger partial charge is 0.484 e. The summed E-state index contributed by atoms with van der Waals surface area (Å²) in [6, 6.07) is 14.9. The molecule has 0 heterocycles. The van der Waals surface area contributed by atoms with Gasteiger partial charge in [-0.1, -0.05) is 42.8 Å². The highest BCUT2D eigenvalue weighted by Crippen LogP contribution is 2.15. The second kappa shape index (κ2) is 13.6. The Bertz CT molecular complexity index is 813. The summed E-state index contributed by atoms with van der Waals surface area (Å²) in [7, 11) is 1.96. The zero-order valence-electron chi connectivity index (χ0n) is 18.1. The zero-order valence-corrected chi connectivity index (χ0v) is 18.9. The Morgan fingerprint density at radius 1 is 0.968 bits per heavy atom. The van der Waals surface area contributed by atoms with E-state index in [-0.39, 0.29) is 25.0 Å². The van der Waals surface area contributed by atoms with E-state index in [2.05, 4.69) is 39.9 Å². The van der Waals surface area contributed by atoms with Gasteiger partial charge in [0.2, 0.25) is 5.91 Å². The predicted octanol–water partition coefficient (Wildman–Crippen LogP) is 2.19. The van der Waals surface area contributed by atoms with Crippen LogP contribution in [0.1, 0.15) is 18.1 Å². The molecule has 2 rings (SSSR count). The summed E-state index contributed by atoms with van der Waals surface area (Å²) in [6.45, 7) is 6.15. The van der Waals surface area contributed by atoms with Crippen molar-refractivity contribution in [2.45, 2.75) is 20.0 Å². The lowest BCUT2D eigenvalue weighted by Gasteiger charge is -2.20. The van der Waals surface area contributed by atoms with Gasteiger partial charge in [-0.2, -0.15) is 0 Å². The molecule has 0 radical (unpaired) electrons. The number of carbonyl (C=O) groups excluding carboxylic acids is 2. The minimum atomic E-state index is -0.367. The first-order chi connectivity index (χ1) is 15.0. The summed E-state index contributed by atoms with van der Waals surface area (Å²) in [6.07, 6.45) is 0. The van der Waals surface area contributed by atoms with Gasteiger partial charge in [0.15, 0.2) is 6.61 Å². The van der Waals surface area contributed by atoms with Gasteiger partial charge >= 0.3 is 0 Å². The van der Waals surface area contributed by atoms with E-state index in [0.29, 0.717) is 17.3 Å². The number of ether oxygens (including phenoxy) is 1. The summed E-state index contributed by atoms with van der Waals surface area (Å²) in [5, 5.41) is 9.11. The maximum absolute atomic E-state index is 12.0. The lowest BCUT2D eigenvalue weighted by atomic mass is 10.1. The van der Waals surface area contributed by atoms with Crippen LogP contribution < -0.4 is 20.7 Å². The Morgan fingerprint density at radius 2 is 1.65 bits per heavy atom. The van der Waals surface area contributed by atoms with Crippen molar-refractivity contribution in [1.29, 1.82) is 0 Å². The molecule has 0 unspecified atom stereocenters. The average molecular weight is 447 g/mol. The van der Waals surface area contributed by atoms with E-state index in [1.807, 2.05) is 19.2 Å². The number of hydrogen-bond donors (Lipinski definition) is 3. The van der Waals surface area contributed by atoms with Crippen LogP contribution in [0.4, 0.5) is 0 Å². The van der Waals surface area contributed by atoms with Gasteiger partial charge in [0.25, 0.3) is 5.91 Å². The molecule has 0 saturated heterocycles. The first-order valence-corrected chi connectivity index (χ1v) is 10.7. The van der Waals surface area contributed by atoms with Crippen molar-refractivity contribution in [3.8, 4) is 5.75 Å². The molecule has 0 saturated carbocycles. The molecule has 2 aromatic rings. The average Bonchev–Trinajstić information content (AvgIpc) is 2.79. The van der Waals surface area contributed by atoms with Crippen LogP contribution in [-0.4, -0.2) is 56.5 Å². The summed E-state index contributed by atoms with van der Waals surface area (Å²) in [4.78, 5) is 26.2. The SMILES string of the molecule is CCN(CCNC)Cc1ccc(CNC(=O)CNC(=O)COc2ccc(Cl)cc2)cc1. The second-order valence-electron chi connectivity index (χ2n) is 7.08. The number of nitrogens with zero attached hydrogens (tertiary/aromatic N) is 1. The van der Waals surface area contributed by atoms with Gasteiger partial charge in [-0.25, -0.2) is 0 Å². The van der Waals surface area contributed by atoms with Gasteiger partial charge in [-0.15, -0.1) is 0 Å². The lowest BCUT2D eigenvalue weighted by Crippen LogP contribution is -2.38. The fraction of sp³-hybridized carbons (Fsp3) is 0.391. The third kappa shape index (κ3) is 9.83. The molecule has 3 N–H and O–H groups in total. The maximum atomic E-state index is 12.0. The molecule has 0 aliphatic heterocycles. The van der Waals surface area contributed by atoms with Crippen LogP contribution in [0.25, 0.3) is 0 Å². The molecule has 0 aliphatic rings. The van der Waals surface area contributed by atoms with E-state index >= 15 is 0 Å². The van der Waals surface area contributed by atoms with Crippen molar-refractivity contribution < 1.29 is 14.3 Å². The monoisotopic (exact) mass is 446 g/mol. The number of rotatable bonds is 13. The molecule has 2 amide bonds. The molecule has 168 valence electrons. The smallest absolute Gasteiger partial charge is 0.258 e. The maximum Gasteiger partial charge on any atom is 0.258 e. The van der Waals surface area contributed by atoms with Gasteiger partial charge in [0.1, 0.15) is 5.75 Å². The van der Waals surface area contributed by atoms with E-state index in [1.54, 1.807) is 24.3 Å². The first kappa shape index (κ1) is 24.7. The zero-order chi connectivity index (χ0) is 22.5. The molecule has 31 heavy (non-hydrogen) atoms. The van der Waals surface area contributed by atoms with Crippen molar-refractivity contribution >= 4 is 23.4 Å². The standard InChI is InChI=1S/C23H31ClN4O3/c1-3-28(13-12-25-2)16-19-6-4-18(5-7-19)14-26-22(29)15-27-23(30)17-31-21-10-8-20(24)9-11-21/h4-11,25H,3,12-17H2,1-2H3,(H,26,29)(H,27,30). The minimum Gasteiger partial charge on any atom is -0.484 e. The molecule has 0 atom stereocenters. The molecule has 7 nitrogen and oxygen atoms in total. The molecule has 0 spiro atoms. The number of amides is 2. The summed E-state index contributed by atoms with van der Waals surface area (Å²) in [5.74, 6) is -0.0853. The highest BCUT2D eigenvalue weighted by molar-refractivity contribution is 6.30. The summed E-state index contributed by atoms with van der Waals surface area (Å²) < 4.78 is 5.34. The van der Waals surface area contributed by atoms with Crippen molar-refractivity contribution in [3.63, 3.8) is 0 Å². The number of hydrogen-bond acceptors (Lipinski definition) is 5. The van der Waals surface area contributed by atoms with Crippen LogP contribution in [0.3, 0.4) is 0 Å². The third-order valence-electron chi connectivity index (χ3n) is 4.67. The normalized spacial score (nSPS) is 10.7. The van der Waals surface area contributed by atoms with Gasteiger partial charge in [-0.3, -0.25) is 14.5 Å².